The second-order valence-electron chi connectivity index (χ2n) is 3.93. The molecule has 2 N–H and O–H groups in total. The first kappa shape index (κ1) is 10.5. The maximum Gasteiger partial charge on any atom is 0.356 e. The Morgan fingerprint density at radius 1 is 1.28 bits per heavy atom. The van der Waals surface area contributed by atoms with Gasteiger partial charge in [-0.15, -0.1) is 0 Å². The number of aromatic amines is 1. The molecule has 0 bridgehead atoms. The third kappa shape index (κ3) is 1.84. The van der Waals surface area contributed by atoms with Crippen molar-refractivity contribution in [2.45, 2.75) is 6.42 Å². The molecule has 1 aromatic carbocycles. The van der Waals surface area contributed by atoms with E-state index in [-0.39, 0.29) is 5.69 Å². The van der Waals surface area contributed by atoms with Gasteiger partial charge in [0.2, 0.25) is 0 Å². The fraction of sp³-hybridized carbons (Fsp3) is 0.0833. The number of rotatable bonds is 3. The Labute approximate surface area is 102 Å². The van der Waals surface area contributed by atoms with Crippen LogP contribution in [0.2, 0.25) is 0 Å². The molecule has 0 aliphatic heterocycles. The highest BCUT2D eigenvalue weighted by Gasteiger charge is 2.11. The lowest BCUT2D eigenvalue weighted by Gasteiger charge is -1.95. The van der Waals surface area contributed by atoms with Crippen molar-refractivity contribution < 1.29 is 9.90 Å². The van der Waals surface area contributed by atoms with Crippen LogP contribution in [-0.2, 0) is 6.42 Å². The molecule has 3 rings (SSSR count). The normalized spacial score (nSPS) is 10.9. The number of benzene rings is 1. The van der Waals surface area contributed by atoms with Gasteiger partial charge in [-0.3, -0.25) is 5.10 Å². The van der Waals surface area contributed by atoms with Crippen LogP contribution in [0.5, 0.6) is 0 Å². The number of aromatic nitrogens is 4. The minimum atomic E-state index is -1.06. The molecule has 3 aromatic rings. The number of aromatic carboxylic acids is 1. The fourth-order valence-corrected chi connectivity index (χ4v) is 1.79. The molecule has 0 aliphatic carbocycles. The van der Waals surface area contributed by atoms with Crippen molar-refractivity contribution in [2.75, 3.05) is 0 Å². The number of carboxylic acids is 1. The first-order valence-corrected chi connectivity index (χ1v) is 5.43. The fourth-order valence-electron chi connectivity index (χ4n) is 1.79. The Kier molecular flexibility index (Phi) is 2.33. The predicted molar refractivity (Wildman–Crippen MR) is 63.5 cm³/mol. The van der Waals surface area contributed by atoms with Crippen LogP contribution >= 0.6 is 0 Å². The van der Waals surface area contributed by atoms with Crippen LogP contribution in [0.4, 0.5) is 0 Å². The standard InChI is InChI=1S/C12H10N4O2/c17-11(18)9-7-16-12(13-9)14-10(15-16)6-8-4-2-1-3-5-8/h1-5,7H,6H2,(H,17,18)(H,13,14,15). The molecule has 0 radical (unpaired) electrons. The Morgan fingerprint density at radius 2 is 2.06 bits per heavy atom. The molecule has 0 amide bonds. The smallest absolute Gasteiger partial charge is 0.356 e. The SMILES string of the molecule is O=C(O)c1cn2[nH]c(Cc3ccccc3)nc2n1. The van der Waals surface area contributed by atoms with Gasteiger partial charge in [0.05, 0.1) is 6.20 Å². The minimum absolute atomic E-state index is 0.0139. The molecule has 0 aliphatic rings. The summed E-state index contributed by atoms with van der Waals surface area (Å²) in [5.41, 5.74) is 1.12. The van der Waals surface area contributed by atoms with Gasteiger partial charge in [0, 0.05) is 6.42 Å². The maximum absolute atomic E-state index is 10.7. The van der Waals surface area contributed by atoms with Gasteiger partial charge in [-0.25, -0.2) is 14.3 Å². The zero-order valence-electron chi connectivity index (χ0n) is 9.37. The first-order chi connectivity index (χ1) is 8.72. The largest absolute Gasteiger partial charge is 0.476 e. The Morgan fingerprint density at radius 3 is 2.72 bits per heavy atom. The van der Waals surface area contributed by atoms with E-state index in [2.05, 4.69) is 15.1 Å². The second-order valence-corrected chi connectivity index (χ2v) is 3.93. The molecule has 0 saturated heterocycles. The van der Waals surface area contributed by atoms with Crippen LogP contribution < -0.4 is 0 Å². The van der Waals surface area contributed by atoms with E-state index in [4.69, 9.17) is 5.11 Å². The molecule has 2 heterocycles. The third-order valence-electron chi connectivity index (χ3n) is 2.61. The number of carbonyl (C=O) groups is 1. The van der Waals surface area contributed by atoms with Gasteiger partial charge in [-0.05, 0) is 5.56 Å². The van der Waals surface area contributed by atoms with Crippen LogP contribution in [0.3, 0.4) is 0 Å². The summed E-state index contributed by atoms with van der Waals surface area (Å²) in [7, 11) is 0. The van der Waals surface area contributed by atoms with Crippen molar-refractivity contribution in [2.24, 2.45) is 0 Å². The van der Waals surface area contributed by atoms with E-state index >= 15 is 0 Å². The molecule has 0 fully saturated rings. The van der Waals surface area contributed by atoms with Gasteiger partial charge in [-0.1, -0.05) is 30.3 Å². The average Bonchev–Trinajstić information content (AvgIpc) is 2.88. The number of H-pyrrole nitrogens is 1. The zero-order valence-corrected chi connectivity index (χ0v) is 9.37. The number of nitrogens with zero attached hydrogens (tertiary/aromatic N) is 3. The van der Waals surface area contributed by atoms with Crippen molar-refractivity contribution in [3.8, 4) is 0 Å². The molecule has 6 nitrogen and oxygen atoms in total. The van der Waals surface area contributed by atoms with Gasteiger partial charge in [0.1, 0.15) is 5.82 Å². The summed E-state index contributed by atoms with van der Waals surface area (Å²) in [6.45, 7) is 0. The second kappa shape index (κ2) is 3.99. The quantitative estimate of drug-likeness (QED) is 0.726. The first-order valence-electron chi connectivity index (χ1n) is 5.43. The van der Waals surface area contributed by atoms with E-state index in [0.29, 0.717) is 12.2 Å². The molecular formula is C12H10N4O2. The van der Waals surface area contributed by atoms with Crippen LogP contribution in [0.1, 0.15) is 21.9 Å². The van der Waals surface area contributed by atoms with E-state index in [0.717, 1.165) is 11.4 Å². The highest BCUT2D eigenvalue weighted by molar-refractivity contribution is 5.85. The maximum atomic E-state index is 10.7. The van der Waals surface area contributed by atoms with E-state index < -0.39 is 5.97 Å². The highest BCUT2D eigenvalue weighted by Crippen LogP contribution is 2.08. The summed E-state index contributed by atoms with van der Waals surface area (Å²) in [5, 5.41) is 11.8. The summed E-state index contributed by atoms with van der Waals surface area (Å²) in [6.07, 6.45) is 2.08. The summed E-state index contributed by atoms with van der Waals surface area (Å²) in [6, 6.07) is 9.90. The molecule has 0 saturated carbocycles. The molecule has 0 spiro atoms. The topological polar surface area (TPSA) is 83.3 Å². The summed E-state index contributed by atoms with van der Waals surface area (Å²) >= 11 is 0. The molecule has 90 valence electrons. The summed E-state index contributed by atoms with van der Waals surface area (Å²) < 4.78 is 1.52. The number of hydrogen-bond donors (Lipinski definition) is 2. The third-order valence-corrected chi connectivity index (χ3v) is 2.61. The molecular weight excluding hydrogens is 232 g/mol. The van der Waals surface area contributed by atoms with Crippen LogP contribution in [-0.4, -0.2) is 30.7 Å². The van der Waals surface area contributed by atoms with Gasteiger partial charge >= 0.3 is 5.97 Å². The number of nitrogens with one attached hydrogen (secondary N) is 1. The molecule has 0 unspecified atom stereocenters. The van der Waals surface area contributed by atoms with Gasteiger partial charge in [-0.2, -0.15) is 4.98 Å². The van der Waals surface area contributed by atoms with Crippen molar-refractivity contribution >= 4 is 11.7 Å². The van der Waals surface area contributed by atoms with E-state index in [1.807, 2.05) is 30.3 Å². The van der Waals surface area contributed by atoms with Crippen molar-refractivity contribution in [3.63, 3.8) is 0 Å². The Bertz CT molecular complexity index is 668. The predicted octanol–water partition coefficient (Wildman–Crippen LogP) is 1.35. The van der Waals surface area contributed by atoms with E-state index in [1.165, 1.54) is 10.7 Å². The number of imidazole rings is 1. The lowest BCUT2D eigenvalue weighted by atomic mass is 10.1. The van der Waals surface area contributed by atoms with Crippen molar-refractivity contribution in [1.29, 1.82) is 0 Å². The lowest BCUT2D eigenvalue weighted by Crippen LogP contribution is -1.97. The van der Waals surface area contributed by atoms with Crippen molar-refractivity contribution in [1.82, 2.24) is 19.6 Å². The Balaban J connectivity index is 1.90. The summed E-state index contributed by atoms with van der Waals surface area (Å²) in [4.78, 5) is 18.9. The highest BCUT2D eigenvalue weighted by atomic mass is 16.4. The lowest BCUT2D eigenvalue weighted by molar-refractivity contribution is 0.0691. The number of carboxylic acid groups (broad SMARTS) is 1. The van der Waals surface area contributed by atoms with Crippen LogP contribution in [0.25, 0.3) is 5.78 Å². The molecule has 2 aromatic heterocycles. The Hall–Kier alpha value is -2.63. The van der Waals surface area contributed by atoms with Gasteiger partial charge in [0.15, 0.2) is 5.69 Å². The average molecular weight is 242 g/mol. The zero-order chi connectivity index (χ0) is 12.5. The van der Waals surface area contributed by atoms with E-state index in [9.17, 15) is 4.79 Å². The molecule has 0 atom stereocenters. The molecule has 18 heavy (non-hydrogen) atoms. The van der Waals surface area contributed by atoms with Gasteiger partial charge in [0.25, 0.3) is 5.78 Å². The van der Waals surface area contributed by atoms with Crippen LogP contribution in [0.15, 0.2) is 36.5 Å². The number of hydrogen-bond acceptors (Lipinski definition) is 3. The minimum Gasteiger partial charge on any atom is -0.476 e. The molecule has 6 heteroatoms. The van der Waals surface area contributed by atoms with Crippen molar-refractivity contribution in [3.05, 3.63) is 53.6 Å². The summed E-state index contributed by atoms with van der Waals surface area (Å²) in [5.74, 6) is 0.0671. The number of fused-ring (bicyclic) bond motifs is 1. The van der Waals surface area contributed by atoms with Gasteiger partial charge < -0.3 is 5.11 Å². The monoisotopic (exact) mass is 242 g/mol. The van der Waals surface area contributed by atoms with Crippen LogP contribution in [0, 0.1) is 0 Å². The van der Waals surface area contributed by atoms with E-state index in [1.54, 1.807) is 0 Å².